The molecule has 2 aromatic carbocycles. The molecule has 0 fully saturated rings. The van der Waals surface area contributed by atoms with Gasteiger partial charge in [0.25, 0.3) is 0 Å². The molecule has 0 bridgehead atoms. The highest BCUT2D eigenvalue weighted by Gasteiger charge is 1.96. The number of benzene rings is 2. The van der Waals surface area contributed by atoms with Crippen LogP contribution in [0.3, 0.4) is 0 Å². The Morgan fingerprint density at radius 2 is 1.21 bits per heavy atom. The van der Waals surface area contributed by atoms with E-state index >= 15 is 0 Å². The minimum Gasteiger partial charge on any atom is -0.126 e. The molecule has 0 spiro atoms. The summed E-state index contributed by atoms with van der Waals surface area (Å²) in [6.07, 6.45) is 2.58. The van der Waals surface area contributed by atoms with Crippen molar-refractivity contribution in [2.45, 2.75) is 29.6 Å². The first-order valence-corrected chi connectivity index (χ1v) is 8.69. The van der Waals surface area contributed by atoms with Crippen molar-refractivity contribution in [3.63, 3.8) is 0 Å². The second-order valence-electron chi connectivity index (χ2n) is 4.53. The maximum Gasteiger partial charge on any atom is 0.00721 e. The van der Waals surface area contributed by atoms with Crippen LogP contribution in [0, 0.1) is 6.92 Å². The SMILES string of the molecule is Cc1ccc(SCCCCSc2ccccc2)cc1. The van der Waals surface area contributed by atoms with E-state index in [1.54, 1.807) is 0 Å². The van der Waals surface area contributed by atoms with Crippen LogP contribution in [0.2, 0.25) is 0 Å². The zero-order chi connectivity index (χ0) is 13.3. The van der Waals surface area contributed by atoms with Crippen LogP contribution in [-0.4, -0.2) is 11.5 Å². The Balaban J connectivity index is 1.56. The summed E-state index contributed by atoms with van der Waals surface area (Å²) >= 11 is 3.93. The molecule has 0 radical (unpaired) electrons. The van der Waals surface area contributed by atoms with Gasteiger partial charge >= 0.3 is 0 Å². The first-order chi connectivity index (χ1) is 9.34. The lowest BCUT2D eigenvalue weighted by Crippen LogP contribution is -1.84. The summed E-state index contributed by atoms with van der Waals surface area (Å²) < 4.78 is 0. The molecule has 2 heteroatoms. The normalized spacial score (nSPS) is 10.6. The Kier molecular flexibility index (Phi) is 6.38. The Bertz CT molecular complexity index is 462. The van der Waals surface area contributed by atoms with Crippen molar-refractivity contribution in [3.05, 3.63) is 60.2 Å². The number of unbranched alkanes of at least 4 members (excludes halogenated alkanes) is 1. The second-order valence-corrected chi connectivity index (χ2v) is 6.87. The van der Waals surface area contributed by atoms with Gasteiger partial charge in [-0.1, -0.05) is 35.9 Å². The molecule has 0 atom stereocenters. The Hall–Kier alpha value is -0.860. The van der Waals surface area contributed by atoms with Gasteiger partial charge in [-0.3, -0.25) is 0 Å². The van der Waals surface area contributed by atoms with E-state index in [1.165, 1.54) is 39.7 Å². The average Bonchev–Trinajstić information content (AvgIpc) is 2.46. The van der Waals surface area contributed by atoms with Crippen LogP contribution < -0.4 is 0 Å². The topological polar surface area (TPSA) is 0 Å². The molecule has 0 aliphatic heterocycles. The van der Waals surface area contributed by atoms with E-state index in [4.69, 9.17) is 0 Å². The maximum absolute atomic E-state index is 2.22. The largest absolute Gasteiger partial charge is 0.126 e. The van der Waals surface area contributed by atoms with Crippen LogP contribution in [0.4, 0.5) is 0 Å². The molecule has 0 aromatic heterocycles. The van der Waals surface area contributed by atoms with Crippen molar-refractivity contribution in [1.29, 1.82) is 0 Å². The molecule has 0 nitrogen and oxygen atoms in total. The number of rotatable bonds is 7. The molecule has 0 amide bonds. The van der Waals surface area contributed by atoms with E-state index in [0.717, 1.165) is 0 Å². The Morgan fingerprint density at radius 3 is 1.79 bits per heavy atom. The molecule has 0 aliphatic rings. The van der Waals surface area contributed by atoms with Crippen LogP contribution >= 0.6 is 23.5 Å². The van der Waals surface area contributed by atoms with Crippen molar-refractivity contribution in [3.8, 4) is 0 Å². The second kappa shape index (κ2) is 8.34. The van der Waals surface area contributed by atoms with Gasteiger partial charge in [0.2, 0.25) is 0 Å². The van der Waals surface area contributed by atoms with Gasteiger partial charge in [0.05, 0.1) is 0 Å². The third kappa shape index (κ3) is 5.75. The van der Waals surface area contributed by atoms with Crippen LogP contribution in [-0.2, 0) is 0 Å². The highest BCUT2D eigenvalue weighted by atomic mass is 32.2. The number of aryl methyl sites for hydroxylation is 1. The fourth-order valence-electron chi connectivity index (χ4n) is 1.74. The minimum absolute atomic E-state index is 1.22. The smallest absolute Gasteiger partial charge is 0.00721 e. The highest BCUT2D eigenvalue weighted by molar-refractivity contribution is 7.99. The third-order valence-electron chi connectivity index (χ3n) is 2.84. The van der Waals surface area contributed by atoms with E-state index in [9.17, 15) is 0 Å². The van der Waals surface area contributed by atoms with Gasteiger partial charge < -0.3 is 0 Å². The van der Waals surface area contributed by atoms with E-state index < -0.39 is 0 Å². The molecule has 100 valence electrons. The fraction of sp³-hybridized carbons (Fsp3) is 0.294. The summed E-state index contributed by atoms with van der Waals surface area (Å²) in [6, 6.07) is 19.5. The molecule has 0 saturated heterocycles. The molecular weight excluding hydrogens is 268 g/mol. The van der Waals surface area contributed by atoms with E-state index in [0.29, 0.717) is 0 Å². The van der Waals surface area contributed by atoms with Gasteiger partial charge in [0.15, 0.2) is 0 Å². The van der Waals surface area contributed by atoms with Gasteiger partial charge in [-0.2, -0.15) is 0 Å². The first-order valence-electron chi connectivity index (χ1n) is 6.72. The van der Waals surface area contributed by atoms with Gasteiger partial charge in [-0.05, 0) is 55.5 Å². The molecule has 0 heterocycles. The van der Waals surface area contributed by atoms with Crippen molar-refractivity contribution in [1.82, 2.24) is 0 Å². The van der Waals surface area contributed by atoms with Crippen molar-refractivity contribution in [2.24, 2.45) is 0 Å². The minimum atomic E-state index is 1.22. The van der Waals surface area contributed by atoms with Gasteiger partial charge in [-0.15, -0.1) is 23.5 Å². The zero-order valence-corrected chi connectivity index (χ0v) is 13.0. The summed E-state index contributed by atoms with van der Waals surface area (Å²) in [6.45, 7) is 2.13. The summed E-state index contributed by atoms with van der Waals surface area (Å²) in [7, 11) is 0. The van der Waals surface area contributed by atoms with Crippen LogP contribution in [0.1, 0.15) is 18.4 Å². The lowest BCUT2D eigenvalue weighted by atomic mass is 10.2. The van der Waals surface area contributed by atoms with Gasteiger partial charge in [-0.25, -0.2) is 0 Å². The van der Waals surface area contributed by atoms with Crippen LogP contribution in [0.5, 0.6) is 0 Å². The highest BCUT2D eigenvalue weighted by Crippen LogP contribution is 2.22. The third-order valence-corrected chi connectivity index (χ3v) is 5.04. The molecule has 0 N–H and O–H groups in total. The van der Waals surface area contributed by atoms with Crippen molar-refractivity contribution < 1.29 is 0 Å². The maximum atomic E-state index is 2.22. The summed E-state index contributed by atoms with van der Waals surface area (Å²) in [5.74, 6) is 2.44. The first kappa shape index (κ1) is 14.5. The zero-order valence-electron chi connectivity index (χ0n) is 11.3. The number of hydrogen-bond acceptors (Lipinski definition) is 2. The summed E-state index contributed by atoms with van der Waals surface area (Å²) in [5.41, 5.74) is 1.34. The molecule has 19 heavy (non-hydrogen) atoms. The Labute approximate surface area is 125 Å². The average molecular weight is 288 g/mol. The predicted octanol–water partition coefficient (Wildman–Crippen LogP) is 5.66. The molecule has 0 saturated carbocycles. The molecule has 2 aromatic rings. The van der Waals surface area contributed by atoms with E-state index in [1.807, 2.05) is 23.5 Å². The van der Waals surface area contributed by atoms with Crippen LogP contribution in [0.25, 0.3) is 0 Å². The van der Waals surface area contributed by atoms with Crippen molar-refractivity contribution in [2.75, 3.05) is 11.5 Å². The van der Waals surface area contributed by atoms with E-state index in [2.05, 4.69) is 61.5 Å². The lowest BCUT2D eigenvalue weighted by molar-refractivity contribution is 0.907. The molecule has 0 unspecified atom stereocenters. The van der Waals surface area contributed by atoms with Gasteiger partial charge in [0, 0.05) is 9.79 Å². The number of thioether (sulfide) groups is 2. The standard InChI is InChI=1S/C17H20S2/c1-15-9-11-17(12-10-15)19-14-6-5-13-18-16-7-3-2-4-8-16/h2-4,7-12H,5-6,13-14H2,1H3. The predicted molar refractivity (Wildman–Crippen MR) is 88.3 cm³/mol. The lowest BCUT2D eigenvalue weighted by Gasteiger charge is -2.03. The quantitative estimate of drug-likeness (QED) is 0.476. The van der Waals surface area contributed by atoms with Crippen molar-refractivity contribution >= 4 is 23.5 Å². The molecule has 0 aliphatic carbocycles. The summed E-state index contributed by atoms with van der Waals surface area (Å²) in [4.78, 5) is 2.77. The number of hydrogen-bond donors (Lipinski definition) is 0. The molecular formula is C17H20S2. The Morgan fingerprint density at radius 1 is 0.684 bits per heavy atom. The van der Waals surface area contributed by atoms with Gasteiger partial charge in [0.1, 0.15) is 0 Å². The fourth-order valence-corrected chi connectivity index (χ4v) is 3.58. The molecule has 2 rings (SSSR count). The van der Waals surface area contributed by atoms with Crippen LogP contribution in [0.15, 0.2) is 64.4 Å². The summed E-state index contributed by atoms with van der Waals surface area (Å²) in [5, 5.41) is 0. The monoisotopic (exact) mass is 288 g/mol. The van der Waals surface area contributed by atoms with E-state index in [-0.39, 0.29) is 0 Å².